The molecule has 2 aliphatic carbocycles. The standard InChI is InChI=1S/C41H34Cl2N4O6S/c1-19-26-16-22(43)8-14-32(26)54-36(19)29-18-33(45(3)44-29)47-38(50)28-17-27-24(35(41(28,2)40(47)52)20-5-13-30(48)31(15-20)53-4)11-12-25-34(27)39(51)46(37(25)49)23-9-6-21(42)7-10-23/h5-11,13-16,18,25,27-28,34-35,48H,12,17H2,1-4H3/t25-,27+,28-,34-,35-,41+/m0/s1. The number of aryl methyl sites for hydroxylation is 2. The lowest BCUT2D eigenvalue weighted by Gasteiger charge is -2.49. The third-order valence-corrected chi connectivity index (χ3v) is 13.9. The number of amides is 4. The molecule has 5 aromatic rings. The monoisotopic (exact) mass is 780 g/mol. The highest BCUT2D eigenvalue weighted by atomic mass is 35.5. The van der Waals surface area contributed by atoms with E-state index in [1.807, 2.05) is 38.1 Å². The fraction of sp³-hybridized carbons (Fsp3) is 0.293. The summed E-state index contributed by atoms with van der Waals surface area (Å²) in [6, 6.07) is 19.0. The van der Waals surface area contributed by atoms with E-state index in [0.717, 1.165) is 26.1 Å². The molecule has 1 N–H and O–H groups in total. The van der Waals surface area contributed by atoms with Crippen molar-refractivity contribution in [1.29, 1.82) is 0 Å². The molecule has 0 radical (unpaired) electrons. The Morgan fingerprint density at radius 2 is 1.65 bits per heavy atom. The zero-order valence-corrected chi connectivity index (χ0v) is 32.0. The molecule has 274 valence electrons. The van der Waals surface area contributed by atoms with Crippen molar-refractivity contribution in [3.63, 3.8) is 0 Å². The summed E-state index contributed by atoms with van der Waals surface area (Å²) in [4.78, 5) is 61.7. The molecule has 2 aliphatic heterocycles. The van der Waals surface area contributed by atoms with Crippen LogP contribution in [0.4, 0.5) is 11.5 Å². The van der Waals surface area contributed by atoms with Crippen molar-refractivity contribution in [1.82, 2.24) is 9.78 Å². The topological polar surface area (TPSA) is 122 Å². The van der Waals surface area contributed by atoms with Crippen LogP contribution in [0.5, 0.6) is 11.5 Å². The number of allylic oxidation sites excluding steroid dienone is 2. The number of phenolic OH excluding ortho intramolecular Hbond substituents is 1. The Bertz CT molecular complexity index is 2510. The van der Waals surface area contributed by atoms with Crippen LogP contribution in [0.2, 0.25) is 10.0 Å². The molecule has 13 heteroatoms. The molecule has 4 heterocycles. The van der Waals surface area contributed by atoms with E-state index in [2.05, 4.69) is 0 Å². The average Bonchev–Trinajstić information content (AvgIpc) is 3.82. The molecule has 0 spiro atoms. The van der Waals surface area contributed by atoms with Gasteiger partial charge in [-0.15, -0.1) is 11.3 Å². The first kappa shape index (κ1) is 34.8. The summed E-state index contributed by atoms with van der Waals surface area (Å²) in [6.07, 6.45) is 2.49. The van der Waals surface area contributed by atoms with Crippen LogP contribution in [0, 0.1) is 36.0 Å². The normalized spacial score (nSPS) is 26.3. The van der Waals surface area contributed by atoms with E-state index in [1.54, 1.807) is 65.5 Å². The number of carbonyl (C=O) groups excluding carboxylic acids is 4. The van der Waals surface area contributed by atoms with E-state index in [1.165, 1.54) is 23.0 Å². The number of imide groups is 2. The minimum Gasteiger partial charge on any atom is -0.504 e. The van der Waals surface area contributed by atoms with Crippen LogP contribution in [-0.4, -0.2) is 45.6 Å². The highest BCUT2D eigenvalue weighted by molar-refractivity contribution is 7.22. The third kappa shape index (κ3) is 4.80. The summed E-state index contributed by atoms with van der Waals surface area (Å²) in [5.74, 6) is -4.29. The maximum atomic E-state index is 15.1. The molecule has 10 nitrogen and oxygen atoms in total. The fourth-order valence-electron chi connectivity index (χ4n) is 9.55. The smallest absolute Gasteiger partial charge is 0.242 e. The number of ether oxygens (including phenoxy) is 1. The van der Waals surface area contributed by atoms with Gasteiger partial charge in [-0.2, -0.15) is 5.10 Å². The highest BCUT2D eigenvalue weighted by Crippen LogP contribution is 2.64. The van der Waals surface area contributed by atoms with Gasteiger partial charge in [0.15, 0.2) is 11.5 Å². The Kier molecular flexibility index (Phi) is 7.91. The van der Waals surface area contributed by atoms with Crippen molar-refractivity contribution >= 4 is 79.8 Å². The molecular weight excluding hydrogens is 747 g/mol. The number of aromatic nitrogens is 2. The fourth-order valence-corrected chi connectivity index (χ4v) is 11.0. The molecule has 2 aromatic heterocycles. The van der Waals surface area contributed by atoms with Gasteiger partial charge >= 0.3 is 0 Å². The predicted octanol–water partition coefficient (Wildman–Crippen LogP) is 8.07. The number of phenols is 1. The van der Waals surface area contributed by atoms with Gasteiger partial charge in [0.05, 0.1) is 40.8 Å². The first-order chi connectivity index (χ1) is 25.8. The van der Waals surface area contributed by atoms with Gasteiger partial charge in [-0.3, -0.25) is 28.8 Å². The summed E-state index contributed by atoms with van der Waals surface area (Å²) < 4.78 is 8.11. The lowest BCUT2D eigenvalue weighted by Crippen LogP contribution is -2.48. The van der Waals surface area contributed by atoms with Crippen LogP contribution in [0.25, 0.3) is 20.7 Å². The number of halogens is 2. The van der Waals surface area contributed by atoms with Gasteiger partial charge in [-0.05, 0) is 104 Å². The predicted molar refractivity (Wildman–Crippen MR) is 207 cm³/mol. The number of carbonyl (C=O) groups is 4. The molecule has 54 heavy (non-hydrogen) atoms. The van der Waals surface area contributed by atoms with E-state index >= 15 is 4.79 Å². The number of methoxy groups -OCH3 is 1. The van der Waals surface area contributed by atoms with E-state index in [0.29, 0.717) is 39.2 Å². The lowest BCUT2D eigenvalue weighted by molar-refractivity contribution is -0.131. The Morgan fingerprint density at radius 1 is 0.907 bits per heavy atom. The summed E-state index contributed by atoms with van der Waals surface area (Å²) in [5, 5.41) is 17.5. The van der Waals surface area contributed by atoms with E-state index in [-0.39, 0.29) is 41.5 Å². The van der Waals surface area contributed by atoms with E-state index in [9.17, 15) is 19.5 Å². The number of fused-ring (bicyclic) bond motifs is 5. The molecule has 4 aliphatic rings. The molecule has 6 atom stereocenters. The van der Waals surface area contributed by atoms with E-state index < -0.39 is 35.0 Å². The van der Waals surface area contributed by atoms with Gasteiger partial charge in [0.25, 0.3) is 0 Å². The van der Waals surface area contributed by atoms with Gasteiger partial charge in [0.2, 0.25) is 23.6 Å². The molecule has 4 amide bonds. The summed E-state index contributed by atoms with van der Waals surface area (Å²) in [6.45, 7) is 3.83. The molecule has 0 unspecified atom stereocenters. The zero-order valence-electron chi connectivity index (χ0n) is 29.7. The number of anilines is 2. The third-order valence-electron chi connectivity index (χ3n) is 12.1. The van der Waals surface area contributed by atoms with Gasteiger partial charge in [0.1, 0.15) is 11.5 Å². The van der Waals surface area contributed by atoms with Crippen molar-refractivity contribution in [2.45, 2.75) is 32.6 Å². The molecule has 9 rings (SSSR count). The maximum Gasteiger partial charge on any atom is 0.242 e. The first-order valence-electron chi connectivity index (χ1n) is 17.6. The van der Waals surface area contributed by atoms with Crippen LogP contribution in [0.1, 0.15) is 36.8 Å². The second-order valence-corrected chi connectivity index (χ2v) is 16.7. The van der Waals surface area contributed by atoms with Crippen LogP contribution in [0.15, 0.2) is 78.4 Å². The Morgan fingerprint density at radius 3 is 2.39 bits per heavy atom. The molecule has 1 saturated carbocycles. The van der Waals surface area contributed by atoms with Crippen molar-refractivity contribution in [2.75, 3.05) is 16.9 Å². The molecule has 3 fully saturated rings. The number of aromatic hydroxyl groups is 1. The molecule has 0 bridgehead atoms. The number of benzene rings is 3. The Labute approximate surface area is 324 Å². The van der Waals surface area contributed by atoms with Crippen molar-refractivity contribution in [3.05, 3.63) is 99.6 Å². The van der Waals surface area contributed by atoms with Crippen molar-refractivity contribution in [2.24, 2.45) is 36.1 Å². The summed E-state index contributed by atoms with van der Waals surface area (Å²) >= 11 is 14.0. The summed E-state index contributed by atoms with van der Waals surface area (Å²) in [7, 11) is 3.16. The zero-order chi connectivity index (χ0) is 38.0. The van der Waals surface area contributed by atoms with Gasteiger partial charge in [-0.1, -0.05) is 40.9 Å². The van der Waals surface area contributed by atoms with Gasteiger partial charge in [0, 0.05) is 33.8 Å². The van der Waals surface area contributed by atoms with Crippen LogP contribution < -0.4 is 14.5 Å². The number of rotatable bonds is 5. The van der Waals surface area contributed by atoms with Crippen LogP contribution in [-0.2, 0) is 26.2 Å². The molecule has 3 aromatic carbocycles. The Balaban J connectivity index is 1.16. The lowest BCUT2D eigenvalue weighted by atomic mass is 9.51. The minimum atomic E-state index is -1.29. The quantitative estimate of drug-likeness (QED) is 0.141. The SMILES string of the molecule is COc1cc([C@H]2C3=CC[C@@H]4C(=O)N(c5ccc(Cl)cc5)C(=O)[C@@H]4[C@@H]3C[C@H]3C(=O)N(c4cc(-c5sc6ccc(Cl)cc6c5C)nn4C)C(=O)[C@@]23C)ccc1O. The van der Waals surface area contributed by atoms with Gasteiger partial charge < -0.3 is 9.84 Å². The van der Waals surface area contributed by atoms with Crippen molar-refractivity contribution in [3.8, 4) is 22.1 Å². The Hall–Kier alpha value is -4.97. The second-order valence-electron chi connectivity index (χ2n) is 14.8. The van der Waals surface area contributed by atoms with Gasteiger partial charge in [-0.25, -0.2) is 4.90 Å². The van der Waals surface area contributed by atoms with Crippen molar-refractivity contribution < 1.29 is 29.0 Å². The number of thiophene rings is 1. The largest absolute Gasteiger partial charge is 0.504 e. The summed E-state index contributed by atoms with van der Waals surface area (Å²) in [5.41, 5.74) is 2.26. The highest BCUT2D eigenvalue weighted by Gasteiger charge is 2.68. The maximum absolute atomic E-state index is 15.1. The molecule has 2 saturated heterocycles. The second kappa shape index (κ2) is 12.3. The van der Waals surface area contributed by atoms with Crippen LogP contribution in [0.3, 0.4) is 0 Å². The van der Waals surface area contributed by atoms with E-state index in [4.69, 9.17) is 33.0 Å². The average molecular weight is 782 g/mol. The first-order valence-corrected chi connectivity index (χ1v) is 19.2. The molecular formula is C41H34Cl2N4O6S. The number of nitrogens with zero attached hydrogens (tertiary/aromatic N) is 4. The number of hydrogen-bond acceptors (Lipinski definition) is 8. The number of hydrogen-bond donors (Lipinski definition) is 1. The minimum absolute atomic E-state index is 0.0696. The van der Waals surface area contributed by atoms with Crippen LogP contribution >= 0.6 is 34.5 Å².